The van der Waals surface area contributed by atoms with Gasteiger partial charge in [-0.1, -0.05) is 6.07 Å². The second-order valence-electron chi connectivity index (χ2n) is 4.88. The number of ether oxygens (including phenoxy) is 1. The van der Waals surface area contributed by atoms with Gasteiger partial charge < -0.3 is 14.0 Å². The Labute approximate surface area is 102 Å². The molecule has 1 aromatic heterocycles. The van der Waals surface area contributed by atoms with Crippen molar-refractivity contribution in [3.05, 3.63) is 24.0 Å². The average Bonchev–Trinajstić information content (AvgIpc) is 2.68. The molecule has 0 aromatic carbocycles. The summed E-state index contributed by atoms with van der Waals surface area (Å²) in [4.78, 5) is 4.36. The molecule has 0 N–H and O–H groups in total. The zero-order valence-electron chi connectivity index (χ0n) is 10.8. The van der Waals surface area contributed by atoms with Gasteiger partial charge in [-0.05, 0) is 26.8 Å². The predicted molar refractivity (Wildman–Crippen MR) is 66.2 cm³/mol. The normalized spacial score (nSPS) is 20.6. The van der Waals surface area contributed by atoms with E-state index >= 15 is 0 Å². The number of methoxy groups -OCH3 is 1. The predicted octanol–water partition coefficient (Wildman–Crippen LogP) is 1.31. The molecule has 0 spiro atoms. The minimum Gasteiger partial charge on any atom is -0.404 e. The Morgan fingerprint density at radius 2 is 2.29 bits per heavy atom. The molecule has 1 atom stereocenters. The van der Waals surface area contributed by atoms with Gasteiger partial charge in [0, 0.05) is 18.8 Å². The first-order valence-electron chi connectivity index (χ1n) is 5.80. The van der Waals surface area contributed by atoms with E-state index in [-0.39, 0.29) is 18.8 Å². The summed E-state index contributed by atoms with van der Waals surface area (Å²) in [5, 5.41) is 0. The minimum atomic E-state index is -0.341. The second kappa shape index (κ2) is 4.76. The quantitative estimate of drug-likeness (QED) is 0.740. The van der Waals surface area contributed by atoms with Gasteiger partial charge in [0.25, 0.3) is 0 Å². The molecule has 0 bridgehead atoms. The van der Waals surface area contributed by atoms with Crippen LogP contribution in [0.25, 0.3) is 0 Å². The van der Waals surface area contributed by atoms with Gasteiger partial charge in [-0.2, -0.15) is 0 Å². The third-order valence-electron chi connectivity index (χ3n) is 2.87. The van der Waals surface area contributed by atoms with Crippen molar-refractivity contribution in [1.82, 2.24) is 4.98 Å². The molecule has 1 saturated heterocycles. The SMILES string of the molecule is CO[C@@H](C)c1ncccc1B1OCC(C)(C)O1. The van der Waals surface area contributed by atoms with E-state index in [2.05, 4.69) is 4.98 Å². The minimum absolute atomic E-state index is 0.0675. The maximum absolute atomic E-state index is 5.85. The molecular formula is C12H18BNO3. The second-order valence-corrected chi connectivity index (χ2v) is 4.88. The van der Waals surface area contributed by atoms with Crippen molar-refractivity contribution in [3.63, 3.8) is 0 Å². The van der Waals surface area contributed by atoms with Gasteiger partial charge >= 0.3 is 7.12 Å². The summed E-state index contributed by atoms with van der Waals surface area (Å²) in [6.07, 6.45) is 1.69. The Balaban J connectivity index is 2.27. The lowest BCUT2D eigenvalue weighted by Gasteiger charge is -2.18. The summed E-state index contributed by atoms with van der Waals surface area (Å²) in [6.45, 7) is 6.59. The van der Waals surface area contributed by atoms with Gasteiger partial charge in [-0.25, -0.2) is 0 Å². The van der Waals surface area contributed by atoms with Crippen LogP contribution in [-0.2, 0) is 14.0 Å². The van der Waals surface area contributed by atoms with E-state index in [1.807, 2.05) is 32.9 Å². The summed E-state index contributed by atoms with van der Waals surface area (Å²) in [7, 11) is 1.33. The summed E-state index contributed by atoms with van der Waals surface area (Å²) in [6, 6.07) is 3.86. The topological polar surface area (TPSA) is 40.6 Å². The maximum atomic E-state index is 5.85. The van der Waals surface area contributed by atoms with Gasteiger partial charge in [-0.3, -0.25) is 4.98 Å². The number of pyridine rings is 1. The molecule has 5 heteroatoms. The van der Waals surface area contributed by atoms with Crippen LogP contribution in [0.3, 0.4) is 0 Å². The van der Waals surface area contributed by atoms with Crippen LogP contribution in [0.1, 0.15) is 32.6 Å². The highest BCUT2D eigenvalue weighted by Gasteiger charge is 2.40. The first kappa shape index (κ1) is 12.5. The lowest BCUT2D eigenvalue weighted by atomic mass is 9.77. The summed E-state index contributed by atoms with van der Waals surface area (Å²) >= 11 is 0. The van der Waals surface area contributed by atoms with E-state index in [1.165, 1.54) is 0 Å². The van der Waals surface area contributed by atoms with E-state index in [4.69, 9.17) is 14.0 Å². The smallest absolute Gasteiger partial charge is 0.404 e. The number of aromatic nitrogens is 1. The molecule has 92 valence electrons. The fraction of sp³-hybridized carbons (Fsp3) is 0.583. The van der Waals surface area contributed by atoms with E-state index in [0.29, 0.717) is 6.61 Å². The monoisotopic (exact) mass is 235 g/mol. The van der Waals surface area contributed by atoms with E-state index in [0.717, 1.165) is 11.2 Å². The van der Waals surface area contributed by atoms with E-state index < -0.39 is 0 Å². The molecule has 1 aliphatic heterocycles. The first-order valence-corrected chi connectivity index (χ1v) is 5.80. The van der Waals surface area contributed by atoms with Gasteiger partial charge in [-0.15, -0.1) is 0 Å². The van der Waals surface area contributed by atoms with Crippen LogP contribution in [0.4, 0.5) is 0 Å². The molecule has 0 radical (unpaired) electrons. The molecule has 0 unspecified atom stereocenters. The number of rotatable bonds is 3. The van der Waals surface area contributed by atoms with Crippen molar-refractivity contribution < 1.29 is 14.0 Å². The Bertz CT molecular complexity index is 397. The van der Waals surface area contributed by atoms with Gasteiger partial charge in [0.2, 0.25) is 0 Å². The van der Waals surface area contributed by atoms with Crippen LogP contribution in [-0.4, -0.2) is 31.4 Å². The van der Waals surface area contributed by atoms with Crippen LogP contribution in [0, 0.1) is 0 Å². The number of nitrogens with zero attached hydrogens (tertiary/aromatic N) is 1. The maximum Gasteiger partial charge on any atom is 0.496 e. The highest BCUT2D eigenvalue weighted by molar-refractivity contribution is 6.62. The lowest BCUT2D eigenvalue weighted by Crippen LogP contribution is -2.38. The standard InChI is InChI=1S/C12H18BNO3/c1-9(15-4)11-10(6-5-7-14-11)13-16-8-12(2,3)17-13/h5-7,9H,8H2,1-4H3/t9-/m0/s1. The third-order valence-corrected chi connectivity index (χ3v) is 2.87. The molecule has 0 saturated carbocycles. The zero-order chi connectivity index (χ0) is 12.5. The number of hydrogen-bond acceptors (Lipinski definition) is 4. The van der Waals surface area contributed by atoms with Crippen LogP contribution in [0.5, 0.6) is 0 Å². The average molecular weight is 235 g/mol. The molecule has 0 amide bonds. The van der Waals surface area contributed by atoms with Crippen LogP contribution in [0.15, 0.2) is 18.3 Å². The highest BCUT2D eigenvalue weighted by atomic mass is 16.7. The van der Waals surface area contributed by atoms with Crippen molar-refractivity contribution >= 4 is 12.6 Å². The largest absolute Gasteiger partial charge is 0.496 e. The molecular weight excluding hydrogens is 217 g/mol. The molecule has 1 aromatic rings. The Hall–Kier alpha value is -0.905. The molecule has 17 heavy (non-hydrogen) atoms. The Morgan fingerprint density at radius 1 is 1.53 bits per heavy atom. The highest BCUT2D eigenvalue weighted by Crippen LogP contribution is 2.21. The van der Waals surface area contributed by atoms with Crippen LogP contribution in [0.2, 0.25) is 0 Å². The van der Waals surface area contributed by atoms with Gasteiger partial charge in [0.1, 0.15) is 0 Å². The molecule has 2 heterocycles. The summed E-state index contributed by atoms with van der Waals surface area (Å²) in [5.74, 6) is 0. The van der Waals surface area contributed by atoms with Crippen LogP contribution < -0.4 is 5.46 Å². The van der Waals surface area contributed by atoms with Crippen molar-refractivity contribution in [2.45, 2.75) is 32.5 Å². The molecule has 1 aliphatic rings. The Kier molecular flexibility index (Phi) is 3.52. The van der Waals surface area contributed by atoms with E-state index in [9.17, 15) is 0 Å². The molecule has 2 rings (SSSR count). The summed E-state index contributed by atoms with van der Waals surface area (Å²) < 4.78 is 16.8. The first-order chi connectivity index (χ1) is 8.03. The van der Waals surface area contributed by atoms with Crippen molar-refractivity contribution in [2.24, 2.45) is 0 Å². The molecule has 1 fully saturated rings. The van der Waals surface area contributed by atoms with Gasteiger partial charge in [0.05, 0.1) is 24.0 Å². The zero-order valence-corrected chi connectivity index (χ0v) is 10.8. The fourth-order valence-electron chi connectivity index (χ4n) is 1.87. The molecule has 4 nitrogen and oxygen atoms in total. The van der Waals surface area contributed by atoms with Crippen molar-refractivity contribution in [3.8, 4) is 0 Å². The van der Waals surface area contributed by atoms with Gasteiger partial charge in [0.15, 0.2) is 0 Å². The molecule has 0 aliphatic carbocycles. The Morgan fingerprint density at radius 3 is 2.88 bits per heavy atom. The lowest BCUT2D eigenvalue weighted by molar-refractivity contribution is 0.116. The van der Waals surface area contributed by atoms with E-state index in [1.54, 1.807) is 13.3 Å². The van der Waals surface area contributed by atoms with Crippen molar-refractivity contribution in [2.75, 3.05) is 13.7 Å². The third kappa shape index (κ3) is 2.68. The summed E-state index contributed by atoms with van der Waals surface area (Å²) in [5.41, 5.74) is 1.58. The van der Waals surface area contributed by atoms with Crippen LogP contribution >= 0.6 is 0 Å². The fourth-order valence-corrected chi connectivity index (χ4v) is 1.87. The number of hydrogen-bond donors (Lipinski definition) is 0. The van der Waals surface area contributed by atoms with Crippen molar-refractivity contribution in [1.29, 1.82) is 0 Å².